The van der Waals surface area contributed by atoms with Crippen molar-refractivity contribution in [3.8, 4) is 0 Å². The number of imide groups is 1. The standard InChI is InChI=1S/C20H26N4O3/c1-12-2-5-15(21)11-23(12)9-13-3-4-14-10-24(20(27)16(14)8-13)17-6-7-18(25)22-19(17)26/h3-4,8,12,15,17H,2,5-7,9-11,21H2,1H3,(H,22,25,26). The average Bonchev–Trinajstić information content (AvgIpc) is 2.95. The van der Waals surface area contributed by atoms with Gasteiger partial charge in [0.25, 0.3) is 5.91 Å². The van der Waals surface area contributed by atoms with Crippen LogP contribution < -0.4 is 11.1 Å². The number of carbonyl (C=O) groups excluding carboxylic acids is 3. The molecule has 0 aromatic heterocycles. The third kappa shape index (κ3) is 3.49. The van der Waals surface area contributed by atoms with E-state index in [1.54, 1.807) is 4.90 Å². The molecule has 0 spiro atoms. The number of rotatable bonds is 3. The maximum atomic E-state index is 12.9. The van der Waals surface area contributed by atoms with Crippen LogP contribution in [0, 0.1) is 0 Å². The summed E-state index contributed by atoms with van der Waals surface area (Å²) in [5, 5.41) is 2.34. The summed E-state index contributed by atoms with van der Waals surface area (Å²) >= 11 is 0. The minimum absolute atomic E-state index is 0.121. The SMILES string of the molecule is CC1CCC(N)CN1Cc1ccc2c(c1)C(=O)N(C1CCC(=O)NC1=O)C2. The number of nitrogens with two attached hydrogens (primary N) is 1. The molecule has 3 aliphatic rings. The first-order valence-corrected chi connectivity index (χ1v) is 9.68. The molecule has 3 amide bonds. The van der Waals surface area contributed by atoms with E-state index >= 15 is 0 Å². The Hall–Kier alpha value is -2.25. The van der Waals surface area contributed by atoms with Crippen molar-refractivity contribution in [3.63, 3.8) is 0 Å². The molecule has 0 bridgehead atoms. The van der Waals surface area contributed by atoms with E-state index in [0.717, 1.165) is 37.1 Å². The van der Waals surface area contributed by atoms with Crippen LogP contribution in [0.15, 0.2) is 18.2 Å². The van der Waals surface area contributed by atoms with Crippen LogP contribution in [0.5, 0.6) is 0 Å². The molecule has 3 aliphatic heterocycles. The summed E-state index contributed by atoms with van der Waals surface area (Å²) in [7, 11) is 0. The van der Waals surface area contributed by atoms with Crippen LogP contribution >= 0.6 is 0 Å². The molecule has 4 rings (SSSR count). The van der Waals surface area contributed by atoms with E-state index in [1.807, 2.05) is 12.1 Å². The van der Waals surface area contributed by atoms with Gasteiger partial charge in [-0.15, -0.1) is 0 Å². The Bertz CT molecular complexity index is 793. The lowest BCUT2D eigenvalue weighted by molar-refractivity contribution is -0.136. The van der Waals surface area contributed by atoms with Gasteiger partial charge in [-0.25, -0.2) is 0 Å². The highest BCUT2D eigenvalue weighted by Crippen LogP contribution is 2.29. The first-order chi connectivity index (χ1) is 12.9. The van der Waals surface area contributed by atoms with Gasteiger partial charge in [-0.05, 0) is 43.4 Å². The molecular weight excluding hydrogens is 344 g/mol. The molecule has 27 heavy (non-hydrogen) atoms. The molecule has 3 heterocycles. The number of hydrogen-bond acceptors (Lipinski definition) is 5. The number of piperidine rings is 2. The molecule has 3 unspecified atom stereocenters. The van der Waals surface area contributed by atoms with Gasteiger partial charge in [0.1, 0.15) is 6.04 Å². The molecule has 2 saturated heterocycles. The van der Waals surface area contributed by atoms with Gasteiger partial charge in [0, 0.05) is 43.7 Å². The molecule has 144 valence electrons. The van der Waals surface area contributed by atoms with Gasteiger partial charge in [-0.1, -0.05) is 12.1 Å². The second kappa shape index (κ2) is 7.05. The minimum atomic E-state index is -0.564. The minimum Gasteiger partial charge on any atom is -0.327 e. The number of nitrogens with zero attached hydrogens (tertiary/aromatic N) is 2. The maximum Gasteiger partial charge on any atom is 0.255 e. The second-order valence-electron chi connectivity index (χ2n) is 8.01. The van der Waals surface area contributed by atoms with E-state index in [-0.39, 0.29) is 30.2 Å². The van der Waals surface area contributed by atoms with Crippen LogP contribution in [-0.4, -0.2) is 52.2 Å². The Morgan fingerprint density at radius 2 is 2.00 bits per heavy atom. The fourth-order valence-electron chi connectivity index (χ4n) is 4.37. The van der Waals surface area contributed by atoms with Crippen molar-refractivity contribution in [3.05, 3.63) is 34.9 Å². The van der Waals surface area contributed by atoms with E-state index in [9.17, 15) is 14.4 Å². The predicted octanol–water partition coefficient (Wildman–Crippen LogP) is 0.759. The van der Waals surface area contributed by atoms with Crippen molar-refractivity contribution in [2.45, 2.75) is 63.8 Å². The van der Waals surface area contributed by atoms with E-state index < -0.39 is 6.04 Å². The van der Waals surface area contributed by atoms with Crippen LogP contribution in [-0.2, 0) is 22.7 Å². The van der Waals surface area contributed by atoms with Gasteiger partial charge in [-0.3, -0.25) is 24.6 Å². The summed E-state index contributed by atoms with van der Waals surface area (Å²) in [5.41, 5.74) is 8.82. The molecule has 1 aromatic rings. The summed E-state index contributed by atoms with van der Waals surface area (Å²) in [6.07, 6.45) is 2.81. The fraction of sp³-hybridized carbons (Fsp3) is 0.550. The number of hydrogen-bond donors (Lipinski definition) is 2. The van der Waals surface area contributed by atoms with Gasteiger partial charge < -0.3 is 10.6 Å². The summed E-state index contributed by atoms with van der Waals surface area (Å²) < 4.78 is 0. The zero-order valence-corrected chi connectivity index (χ0v) is 15.6. The van der Waals surface area contributed by atoms with Crippen LogP contribution in [0.2, 0.25) is 0 Å². The van der Waals surface area contributed by atoms with Gasteiger partial charge in [0.05, 0.1) is 0 Å². The first kappa shape index (κ1) is 18.1. The van der Waals surface area contributed by atoms with Crippen LogP contribution in [0.1, 0.15) is 54.1 Å². The zero-order chi connectivity index (χ0) is 19.1. The first-order valence-electron chi connectivity index (χ1n) is 9.68. The number of nitrogens with one attached hydrogen (secondary N) is 1. The van der Waals surface area contributed by atoms with Crippen molar-refractivity contribution in [1.82, 2.24) is 15.1 Å². The Labute approximate surface area is 158 Å². The van der Waals surface area contributed by atoms with Crippen molar-refractivity contribution < 1.29 is 14.4 Å². The molecule has 3 N–H and O–H groups in total. The van der Waals surface area contributed by atoms with Crippen molar-refractivity contribution >= 4 is 17.7 Å². The van der Waals surface area contributed by atoms with Crippen molar-refractivity contribution in [1.29, 1.82) is 0 Å². The number of amides is 3. The Morgan fingerprint density at radius 3 is 2.78 bits per heavy atom. The highest BCUT2D eigenvalue weighted by Gasteiger charge is 2.39. The maximum absolute atomic E-state index is 12.9. The number of carbonyl (C=O) groups is 3. The lowest BCUT2D eigenvalue weighted by Gasteiger charge is -2.36. The lowest BCUT2D eigenvalue weighted by atomic mass is 9.98. The predicted molar refractivity (Wildman–Crippen MR) is 99.6 cm³/mol. The smallest absolute Gasteiger partial charge is 0.255 e. The van der Waals surface area contributed by atoms with E-state index in [1.165, 1.54) is 0 Å². The quantitative estimate of drug-likeness (QED) is 0.766. The highest BCUT2D eigenvalue weighted by molar-refractivity contribution is 6.05. The van der Waals surface area contributed by atoms with Crippen LogP contribution in [0.3, 0.4) is 0 Å². The second-order valence-corrected chi connectivity index (χ2v) is 8.01. The summed E-state index contributed by atoms with van der Waals surface area (Å²) in [6.45, 7) is 4.28. The zero-order valence-electron chi connectivity index (χ0n) is 15.6. The molecular formula is C20H26N4O3. The van der Waals surface area contributed by atoms with Crippen molar-refractivity contribution in [2.75, 3.05) is 6.54 Å². The third-order valence-corrected chi connectivity index (χ3v) is 6.03. The number of likely N-dealkylation sites (tertiary alicyclic amines) is 1. The van der Waals surface area contributed by atoms with E-state index in [2.05, 4.69) is 23.2 Å². The Kier molecular flexibility index (Phi) is 4.74. The van der Waals surface area contributed by atoms with Gasteiger partial charge in [0.2, 0.25) is 11.8 Å². The molecule has 2 fully saturated rings. The Morgan fingerprint density at radius 1 is 1.19 bits per heavy atom. The molecule has 7 heteroatoms. The van der Waals surface area contributed by atoms with Gasteiger partial charge in [0.15, 0.2) is 0 Å². The van der Waals surface area contributed by atoms with E-state index in [0.29, 0.717) is 24.6 Å². The molecule has 0 radical (unpaired) electrons. The number of fused-ring (bicyclic) bond motifs is 1. The van der Waals surface area contributed by atoms with Gasteiger partial charge >= 0.3 is 0 Å². The monoisotopic (exact) mass is 370 g/mol. The summed E-state index contributed by atoms with van der Waals surface area (Å²) in [6, 6.07) is 6.13. The lowest BCUT2D eigenvalue weighted by Crippen LogP contribution is -2.52. The normalized spacial score (nSPS) is 29.0. The fourth-order valence-corrected chi connectivity index (χ4v) is 4.37. The van der Waals surface area contributed by atoms with Gasteiger partial charge in [-0.2, -0.15) is 0 Å². The molecule has 0 aliphatic carbocycles. The number of benzene rings is 1. The summed E-state index contributed by atoms with van der Waals surface area (Å²) in [5.74, 6) is -0.759. The largest absolute Gasteiger partial charge is 0.327 e. The third-order valence-electron chi connectivity index (χ3n) is 6.03. The molecule has 7 nitrogen and oxygen atoms in total. The van der Waals surface area contributed by atoms with Crippen LogP contribution in [0.4, 0.5) is 0 Å². The van der Waals surface area contributed by atoms with Crippen molar-refractivity contribution in [2.24, 2.45) is 5.73 Å². The molecule has 3 atom stereocenters. The molecule has 1 aromatic carbocycles. The Balaban J connectivity index is 1.50. The molecule has 0 saturated carbocycles. The van der Waals surface area contributed by atoms with E-state index in [4.69, 9.17) is 5.73 Å². The topological polar surface area (TPSA) is 95.7 Å². The average molecular weight is 370 g/mol. The summed E-state index contributed by atoms with van der Waals surface area (Å²) in [4.78, 5) is 40.4. The van der Waals surface area contributed by atoms with Crippen LogP contribution in [0.25, 0.3) is 0 Å². The highest BCUT2D eigenvalue weighted by atomic mass is 16.2.